The van der Waals surface area contributed by atoms with Crippen LogP contribution in [0.1, 0.15) is 57.6 Å². The van der Waals surface area contributed by atoms with Crippen molar-refractivity contribution in [2.45, 2.75) is 52.0 Å². The van der Waals surface area contributed by atoms with E-state index in [0.717, 1.165) is 19.0 Å². The average Bonchev–Trinajstić information content (AvgIpc) is 2.89. The molecule has 1 aromatic rings. The summed E-state index contributed by atoms with van der Waals surface area (Å²) in [6.45, 7) is 5.01. The summed E-state index contributed by atoms with van der Waals surface area (Å²) in [7, 11) is 0. The van der Waals surface area contributed by atoms with E-state index < -0.39 is 11.6 Å². The number of hydrogen-bond acceptors (Lipinski definition) is 1. The number of hydrogen-bond donors (Lipinski definition) is 1. The smallest absolute Gasteiger partial charge is 0.163 e. The maximum Gasteiger partial charge on any atom is 0.163 e. The van der Waals surface area contributed by atoms with E-state index in [9.17, 15) is 8.78 Å². The van der Waals surface area contributed by atoms with Crippen LogP contribution in [0.25, 0.3) is 0 Å². The quantitative estimate of drug-likeness (QED) is 0.823. The summed E-state index contributed by atoms with van der Waals surface area (Å²) in [5.41, 5.74) is 0.780. The van der Waals surface area contributed by atoms with Gasteiger partial charge in [-0.25, -0.2) is 8.78 Å². The molecule has 1 aliphatic carbocycles. The monoisotopic (exact) mass is 267 g/mol. The fraction of sp³-hybridized carbons (Fsp3) is 0.625. The second-order valence-electron chi connectivity index (χ2n) is 5.81. The van der Waals surface area contributed by atoms with Crippen molar-refractivity contribution in [2.75, 3.05) is 6.54 Å². The molecule has 0 saturated heterocycles. The Kier molecular flexibility index (Phi) is 4.56. The summed E-state index contributed by atoms with van der Waals surface area (Å²) in [6.07, 6.45) is 6.22. The number of nitrogens with one attached hydrogen (secondary N) is 1. The highest BCUT2D eigenvalue weighted by Crippen LogP contribution is 2.40. The van der Waals surface area contributed by atoms with E-state index in [2.05, 4.69) is 12.2 Å². The highest BCUT2D eigenvalue weighted by molar-refractivity contribution is 5.22. The molecule has 0 radical (unpaired) electrons. The molecule has 1 N–H and O–H groups in total. The van der Waals surface area contributed by atoms with Gasteiger partial charge in [-0.1, -0.05) is 31.9 Å². The van der Waals surface area contributed by atoms with Crippen LogP contribution < -0.4 is 5.32 Å². The number of halogens is 2. The fourth-order valence-corrected chi connectivity index (χ4v) is 3.11. The first-order chi connectivity index (χ1) is 9.08. The van der Waals surface area contributed by atoms with Gasteiger partial charge in [0.2, 0.25) is 0 Å². The van der Waals surface area contributed by atoms with E-state index in [-0.39, 0.29) is 6.04 Å². The van der Waals surface area contributed by atoms with Gasteiger partial charge in [0.05, 0.1) is 0 Å². The molecule has 1 unspecified atom stereocenters. The van der Waals surface area contributed by atoms with Crippen molar-refractivity contribution >= 4 is 0 Å². The van der Waals surface area contributed by atoms with Crippen molar-refractivity contribution in [1.29, 1.82) is 0 Å². The molecule has 0 heterocycles. The SMILES string of the molecule is CCC1(CNC(C)c2cccc(F)c2F)CCCC1. The zero-order valence-electron chi connectivity index (χ0n) is 11.8. The molecule has 1 atom stereocenters. The van der Waals surface area contributed by atoms with Gasteiger partial charge in [0, 0.05) is 18.2 Å². The van der Waals surface area contributed by atoms with Gasteiger partial charge in [0.1, 0.15) is 0 Å². The van der Waals surface area contributed by atoms with Gasteiger partial charge in [0.15, 0.2) is 11.6 Å². The Morgan fingerprint density at radius 1 is 1.26 bits per heavy atom. The first-order valence-corrected chi connectivity index (χ1v) is 7.25. The lowest BCUT2D eigenvalue weighted by atomic mass is 9.83. The molecule has 1 saturated carbocycles. The molecule has 0 aliphatic heterocycles. The van der Waals surface area contributed by atoms with Crippen molar-refractivity contribution in [1.82, 2.24) is 5.32 Å². The van der Waals surface area contributed by atoms with Crippen molar-refractivity contribution in [2.24, 2.45) is 5.41 Å². The summed E-state index contributed by atoms with van der Waals surface area (Å²) in [5.74, 6) is -1.49. The molecule has 1 fully saturated rings. The van der Waals surface area contributed by atoms with Crippen molar-refractivity contribution in [3.05, 3.63) is 35.4 Å². The maximum atomic E-state index is 13.7. The van der Waals surface area contributed by atoms with E-state index in [4.69, 9.17) is 0 Å². The maximum absolute atomic E-state index is 13.7. The van der Waals surface area contributed by atoms with Crippen LogP contribution in [-0.2, 0) is 0 Å². The third-order valence-electron chi connectivity index (χ3n) is 4.65. The van der Waals surface area contributed by atoms with Crippen LogP contribution in [0.3, 0.4) is 0 Å². The molecule has 0 spiro atoms. The minimum absolute atomic E-state index is 0.153. The molecule has 1 aliphatic rings. The third kappa shape index (κ3) is 3.14. The van der Waals surface area contributed by atoms with Gasteiger partial charge in [0.25, 0.3) is 0 Å². The molecule has 1 nitrogen and oxygen atoms in total. The lowest BCUT2D eigenvalue weighted by molar-refractivity contribution is 0.257. The lowest BCUT2D eigenvalue weighted by Gasteiger charge is -2.30. The highest BCUT2D eigenvalue weighted by atomic mass is 19.2. The zero-order chi connectivity index (χ0) is 13.9. The summed E-state index contributed by atoms with van der Waals surface area (Å²) in [6, 6.07) is 4.23. The molecular weight excluding hydrogens is 244 g/mol. The Morgan fingerprint density at radius 2 is 1.95 bits per heavy atom. The minimum Gasteiger partial charge on any atom is -0.310 e. The zero-order valence-corrected chi connectivity index (χ0v) is 11.8. The van der Waals surface area contributed by atoms with Crippen LogP contribution in [0, 0.1) is 17.0 Å². The van der Waals surface area contributed by atoms with Crippen molar-refractivity contribution < 1.29 is 8.78 Å². The van der Waals surface area contributed by atoms with Crippen molar-refractivity contribution in [3.8, 4) is 0 Å². The van der Waals surface area contributed by atoms with Gasteiger partial charge in [-0.05, 0) is 37.7 Å². The largest absolute Gasteiger partial charge is 0.310 e. The van der Waals surface area contributed by atoms with Crippen LogP contribution in [0.4, 0.5) is 8.78 Å². The molecule has 0 amide bonds. The van der Waals surface area contributed by atoms with E-state index in [1.165, 1.54) is 25.7 Å². The Hall–Kier alpha value is -0.960. The Balaban J connectivity index is 2.01. The van der Waals surface area contributed by atoms with Crippen molar-refractivity contribution in [3.63, 3.8) is 0 Å². The number of rotatable bonds is 5. The van der Waals surface area contributed by atoms with Gasteiger partial charge in [-0.15, -0.1) is 0 Å². The highest BCUT2D eigenvalue weighted by Gasteiger charge is 2.32. The summed E-state index contributed by atoms with van der Waals surface area (Å²) < 4.78 is 26.9. The summed E-state index contributed by atoms with van der Waals surface area (Å²) >= 11 is 0. The van der Waals surface area contributed by atoms with Crippen LogP contribution >= 0.6 is 0 Å². The minimum atomic E-state index is -0.766. The molecule has 0 bridgehead atoms. The molecule has 19 heavy (non-hydrogen) atoms. The van der Waals surface area contributed by atoms with E-state index >= 15 is 0 Å². The Morgan fingerprint density at radius 3 is 2.58 bits per heavy atom. The van der Waals surface area contributed by atoms with E-state index in [1.54, 1.807) is 12.1 Å². The normalized spacial score (nSPS) is 19.6. The van der Waals surface area contributed by atoms with Gasteiger partial charge in [-0.3, -0.25) is 0 Å². The topological polar surface area (TPSA) is 12.0 Å². The predicted octanol–water partition coefficient (Wildman–Crippen LogP) is 4.59. The molecular formula is C16H23F2N. The van der Waals surface area contributed by atoms with Gasteiger partial charge >= 0.3 is 0 Å². The molecule has 106 valence electrons. The Labute approximate surface area is 114 Å². The molecule has 0 aromatic heterocycles. The predicted molar refractivity (Wildman–Crippen MR) is 74.0 cm³/mol. The fourth-order valence-electron chi connectivity index (χ4n) is 3.11. The average molecular weight is 267 g/mol. The summed E-state index contributed by atoms with van der Waals surface area (Å²) in [4.78, 5) is 0. The van der Waals surface area contributed by atoms with Gasteiger partial charge < -0.3 is 5.32 Å². The second kappa shape index (κ2) is 6.00. The first kappa shape index (κ1) is 14.4. The Bertz CT molecular complexity index is 425. The summed E-state index contributed by atoms with van der Waals surface area (Å²) in [5, 5.41) is 3.39. The first-order valence-electron chi connectivity index (χ1n) is 7.25. The molecule has 2 rings (SSSR count). The van der Waals surface area contributed by atoms with Gasteiger partial charge in [-0.2, -0.15) is 0 Å². The number of benzene rings is 1. The standard InChI is InChI=1S/C16H23F2N/c1-3-16(9-4-5-10-16)11-19-12(2)13-7-6-8-14(17)15(13)18/h6-8,12,19H,3-5,9-11H2,1-2H3. The molecule has 1 aromatic carbocycles. The molecule has 3 heteroatoms. The lowest BCUT2D eigenvalue weighted by Crippen LogP contribution is -2.33. The van der Waals surface area contributed by atoms with E-state index in [1.807, 2.05) is 6.92 Å². The van der Waals surface area contributed by atoms with Crippen LogP contribution in [0.2, 0.25) is 0 Å². The van der Waals surface area contributed by atoms with E-state index in [0.29, 0.717) is 11.0 Å². The second-order valence-corrected chi connectivity index (χ2v) is 5.81. The third-order valence-corrected chi connectivity index (χ3v) is 4.65. The van der Waals surface area contributed by atoms with Crippen LogP contribution in [0.15, 0.2) is 18.2 Å². The van der Waals surface area contributed by atoms with Crippen LogP contribution in [-0.4, -0.2) is 6.54 Å². The van der Waals surface area contributed by atoms with Crippen LogP contribution in [0.5, 0.6) is 0 Å².